The van der Waals surface area contributed by atoms with Gasteiger partial charge in [0.25, 0.3) is 0 Å². The van der Waals surface area contributed by atoms with E-state index in [1.165, 1.54) is 0 Å². The van der Waals surface area contributed by atoms with E-state index < -0.39 is 0 Å². The van der Waals surface area contributed by atoms with Gasteiger partial charge in [0.15, 0.2) is 0 Å². The maximum absolute atomic E-state index is 5.63. The quantitative estimate of drug-likeness (QED) is 0.838. The van der Waals surface area contributed by atoms with Gasteiger partial charge in [-0.15, -0.1) is 0 Å². The molecule has 17 heavy (non-hydrogen) atoms. The molecule has 0 amide bonds. The van der Waals surface area contributed by atoms with Gasteiger partial charge in [-0.1, -0.05) is 30.4 Å². The lowest BCUT2D eigenvalue weighted by Gasteiger charge is -2.07. The SMILES string of the molecule is NC(=S)c1cccc(OCc2cccnc2)c1. The van der Waals surface area contributed by atoms with Crippen molar-refractivity contribution in [1.29, 1.82) is 0 Å². The molecule has 0 aliphatic carbocycles. The van der Waals surface area contributed by atoms with Crippen molar-refractivity contribution in [3.8, 4) is 5.75 Å². The summed E-state index contributed by atoms with van der Waals surface area (Å²) < 4.78 is 5.63. The first-order valence-electron chi connectivity index (χ1n) is 5.17. The Morgan fingerprint density at radius 1 is 1.29 bits per heavy atom. The number of thiocarbonyl (C=S) groups is 1. The first-order chi connectivity index (χ1) is 8.25. The average molecular weight is 244 g/mol. The molecule has 1 aromatic carbocycles. The highest BCUT2D eigenvalue weighted by atomic mass is 32.1. The predicted octanol–water partition coefficient (Wildman–Crippen LogP) is 2.29. The Morgan fingerprint density at radius 2 is 2.18 bits per heavy atom. The van der Waals surface area contributed by atoms with Crippen molar-refractivity contribution < 1.29 is 4.74 Å². The highest BCUT2D eigenvalue weighted by molar-refractivity contribution is 7.80. The molecule has 0 spiro atoms. The average Bonchev–Trinajstić information content (AvgIpc) is 2.38. The Balaban J connectivity index is 2.04. The molecule has 0 radical (unpaired) electrons. The largest absolute Gasteiger partial charge is 0.489 e. The van der Waals surface area contributed by atoms with Gasteiger partial charge in [-0.3, -0.25) is 4.98 Å². The monoisotopic (exact) mass is 244 g/mol. The van der Waals surface area contributed by atoms with Crippen molar-refractivity contribution in [2.45, 2.75) is 6.61 Å². The molecule has 3 nitrogen and oxygen atoms in total. The third-order valence-corrected chi connectivity index (χ3v) is 2.48. The molecule has 2 rings (SSSR count). The summed E-state index contributed by atoms with van der Waals surface area (Å²) in [5.41, 5.74) is 7.39. The molecule has 2 aromatic rings. The van der Waals surface area contributed by atoms with Gasteiger partial charge in [0, 0.05) is 23.5 Å². The van der Waals surface area contributed by atoms with Gasteiger partial charge >= 0.3 is 0 Å². The van der Waals surface area contributed by atoms with Crippen molar-refractivity contribution in [1.82, 2.24) is 4.98 Å². The first-order valence-corrected chi connectivity index (χ1v) is 5.58. The minimum absolute atomic E-state index is 0.372. The Hall–Kier alpha value is -1.94. The topological polar surface area (TPSA) is 48.1 Å². The fourth-order valence-corrected chi connectivity index (χ4v) is 1.52. The predicted molar refractivity (Wildman–Crippen MR) is 70.9 cm³/mol. The van der Waals surface area contributed by atoms with E-state index in [0.29, 0.717) is 11.6 Å². The van der Waals surface area contributed by atoms with Gasteiger partial charge < -0.3 is 10.5 Å². The molecule has 86 valence electrons. The Bertz CT molecular complexity index is 514. The second kappa shape index (κ2) is 5.41. The zero-order chi connectivity index (χ0) is 12.1. The molecule has 1 aromatic heterocycles. The number of nitrogens with two attached hydrogens (primary N) is 1. The Morgan fingerprint density at radius 3 is 2.88 bits per heavy atom. The summed E-state index contributed by atoms with van der Waals surface area (Å²) in [6.45, 7) is 0.481. The Labute approximate surface area is 105 Å². The molecule has 0 aliphatic heterocycles. The van der Waals surface area contributed by atoms with Gasteiger partial charge in [0.2, 0.25) is 0 Å². The number of hydrogen-bond acceptors (Lipinski definition) is 3. The van der Waals surface area contributed by atoms with E-state index >= 15 is 0 Å². The van der Waals surface area contributed by atoms with E-state index in [1.807, 2.05) is 36.4 Å². The summed E-state index contributed by atoms with van der Waals surface area (Å²) >= 11 is 4.91. The summed E-state index contributed by atoms with van der Waals surface area (Å²) in [6, 6.07) is 11.3. The third-order valence-electron chi connectivity index (χ3n) is 2.25. The van der Waals surface area contributed by atoms with Crippen molar-refractivity contribution in [2.24, 2.45) is 5.73 Å². The molecule has 0 bridgehead atoms. The molecule has 4 heteroatoms. The van der Waals surface area contributed by atoms with E-state index in [-0.39, 0.29) is 0 Å². The smallest absolute Gasteiger partial charge is 0.120 e. The molecule has 0 fully saturated rings. The van der Waals surface area contributed by atoms with Crippen molar-refractivity contribution in [2.75, 3.05) is 0 Å². The van der Waals surface area contributed by atoms with Crippen LogP contribution in [0.5, 0.6) is 5.75 Å². The standard InChI is InChI=1S/C13H12N2OS/c14-13(17)11-4-1-5-12(7-11)16-9-10-3-2-6-15-8-10/h1-8H,9H2,(H2,14,17). The van der Waals surface area contributed by atoms with Crippen LogP contribution in [-0.2, 0) is 6.61 Å². The highest BCUT2D eigenvalue weighted by Gasteiger charge is 1.99. The highest BCUT2D eigenvalue weighted by Crippen LogP contribution is 2.14. The van der Waals surface area contributed by atoms with Crippen LogP contribution in [-0.4, -0.2) is 9.97 Å². The van der Waals surface area contributed by atoms with Gasteiger partial charge in [-0.25, -0.2) is 0 Å². The number of pyridine rings is 1. The lowest BCUT2D eigenvalue weighted by molar-refractivity contribution is 0.305. The number of nitrogens with zero attached hydrogens (tertiary/aromatic N) is 1. The molecule has 0 atom stereocenters. The summed E-state index contributed by atoms with van der Waals surface area (Å²) in [6.07, 6.45) is 3.51. The molecule has 2 N–H and O–H groups in total. The van der Waals surface area contributed by atoms with E-state index in [2.05, 4.69) is 4.98 Å². The van der Waals surface area contributed by atoms with Gasteiger partial charge in [0.1, 0.15) is 17.3 Å². The van der Waals surface area contributed by atoms with Crippen LogP contribution in [0.3, 0.4) is 0 Å². The summed E-state index contributed by atoms with van der Waals surface area (Å²) in [5.74, 6) is 0.749. The number of ether oxygens (including phenoxy) is 1. The second-order valence-electron chi connectivity index (χ2n) is 3.54. The molecule has 1 heterocycles. The van der Waals surface area contributed by atoms with Gasteiger partial charge in [0.05, 0.1) is 0 Å². The van der Waals surface area contributed by atoms with Crippen LogP contribution in [0.4, 0.5) is 0 Å². The van der Waals surface area contributed by atoms with Crippen molar-refractivity contribution in [3.63, 3.8) is 0 Å². The minimum atomic E-state index is 0.372. The number of rotatable bonds is 4. The lowest BCUT2D eigenvalue weighted by Crippen LogP contribution is -2.09. The molecule has 0 saturated heterocycles. The van der Waals surface area contributed by atoms with Crippen molar-refractivity contribution in [3.05, 3.63) is 59.9 Å². The zero-order valence-corrected chi connectivity index (χ0v) is 9.98. The molecular formula is C13H12N2OS. The number of hydrogen-bond donors (Lipinski definition) is 1. The molecule has 0 aliphatic rings. The van der Waals surface area contributed by atoms with Gasteiger partial charge in [-0.05, 0) is 18.2 Å². The van der Waals surface area contributed by atoms with Crippen LogP contribution in [0, 0.1) is 0 Å². The first kappa shape index (κ1) is 11.5. The van der Waals surface area contributed by atoms with E-state index in [1.54, 1.807) is 12.4 Å². The second-order valence-corrected chi connectivity index (χ2v) is 3.98. The lowest BCUT2D eigenvalue weighted by atomic mass is 10.2. The maximum Gasteiger partial charge on any atom is 0.120 e. The van der Waals surface area contributed by atoms with E-state index in [9.17, 15) is 0 Å². The van der Waals surface area contributed by atoms with Crippen LogP contribution in [0.15, 0.2) is 48.8 Å². The molecule has 0 saturated carbocycles. The van der Waals surface area contributed by atoms with Crippen LogP contribution in [0.2, 0.25) is 0 Å². The van der Waals surface area contributed by atoms with Crippen LogP contribution < -0.4 is 10.5 Å². The zero-order valence-electron chi connectivity index (χ0n) is 9.17. The minimum Gasteiger partial charge on any atom is -0.489 e. The maximum atomic E-state index is 5.63. The third kappa shape index (κ3) is 3.26. The number of benzene rings is 1. The van der Waals surface area contributed by atoms with Gasteiger partial charge in [-0.2, -0.15) is 0 Å². The van der Waals surface area contributed by atoms with E-state index in [0.717, 1.165) is 16.9 Å². The summed E-state index contributed by atoms with van der Waals surface area (Å²) in [5, 5.41) is 0. The molecule has 0 unspecified atom stereocenters. The van der Waals surface area contributed by atoms with Crippen LogP contribution in [0.25, 0.3) is 0 Å². The molecular weight excluding hydrogens is 232 g/mol. The number of aromatic nitrogens is 1. The fourth-order valence-electron chi connectivity index (χ4n) is 1.39. The van der Waals surface area contributed by atoms with Crippen molar-refractivity contribution >= 4 is 17.2 Å². The van der Waals surface area contributed by atoms with Crippen LogP contribution in [0.1, 0.15) is 11.1 Å². The normalized spacial score (nSPS) is 9.88. The van der Waals surface area contributed by atoms with E-state index in [4.69, 9.17) is 22.7 Å². The summed E-state index contributed by atoms with van der Waals surface area (Å²) in [4.78, 5) is 4.39. The fraction of sp³-hybridized carbons (Fsp3) is 0.0769. The van der Waals surface area contributed by atoms with Crippen LogP contribution >= 0.6 is 12.2 Å². The summed E-state index contributed by atoms with van der Waals surface area (Å²) in [7, 11) is 0. The Kier molecular flexibility index (Phi) is 3.67.